The van der Waals surface area contributed by atoms with Gasteiger partial charge in [-0.3, -0.25) is 4.79 Å². The van der Waals surface area contributed by atoms with Crippen LogP contribution in [-0.2, 0) is 11.3 Å². The number of carbonyl (C=O) groups excluding carboxylic acids is 1. The molecule has 1 aliphatic rings. The van der Waals surface area contributed by atoms with Crippen molar-refractivity contribution in [3.63, 3.8) is 0 Å². The first-order valence-electron chi connectivity index (χ1n) is 6.85. The third-order valence-corrected chi connectivity index (χ3v) is 3.47. The zero-order valence-corrected chi connectivity index (χ0v) is 12.1. The van der Waals surface area contributed by atoms with Gasteiger partial charge < -0.3 is 19.9 Å². The van der Waals surface area contributed by atoms with Gasteiger partial charge in [0.25, 0.3) is 0 Å². The Kier molecular flexibility index (Phi) is 5.31. The van der Waals surface area contributed by atoms with E-state index in [0.29, 0.717) is 19.0 Å². The summed E-state index contributed by atoms with van der Waals surface area (Å²) in [7, 11) is 3.67. The molecule has 0 aliphatic carbocycles. The van der Waals surface area contributed by atoms with Crippen LogP contribution in [0, 0.1) is 0 Å². The Morgan fingerprint density at radius 1 is 1.40 bits per heavy atom. The molecule has 0 radical (unpaired) electrons. The van der Waals surface area contributed by atoms with Crippen LogP contribution < -0.4 is 10.1 Å². The maximum Gasteiger partial charge on any atom is 0.236 e. The van der Waals surface area contributed by atoms with Gasteiger partial charge in [-0.25, -0.2) is 4.98 Å². The number of nitrogens with one attached hydrogen (secondary N) is 1. The molecule has 20 heavy (non-hydrogen) atoms. The van der Waals surface area contributed by atoms with Crippen molar-refractivity contribution in [2.45, 2.75) is 6.54 Å². The van der Waals surface area contributed by atoms with Crippen molar-refractivity contribution in [3.8, 4) is 5.88 Å². The Morgan fingerprint density at radius 3 is 2.85 bits per heavy atom. The van der Waals surface area contributed by atoms with E-state index >= 15 is 0 Å². The summed E-state index contributed by atoms with van der Waals surface area (Å²) in [5.41, 5.74) is 1.06. The van der Waals surface area contributed by atoms with Crippen molar-refractivity contribution in [3.05, 3.63) is 23.9 Å². The normalized spacial score (nSPS) is 16.2. The van der Waals surface area contributed by atoms with Crippen LogP contribution in [0.3, 0.4) is 0 Å². The minimum absolute atomic E-state index is 0.166. The summed E-state index contributed by atoms with van der Waals surface area (Å²) in [5, 5.41) is 3.17. The van der Waals surface area contributed by atoms with E-state index in [2.05, 4.69) is 22.2 Å². The van der Waals surface area contributed by atoms with Crippen LogP contribution >= 0.6 is 0 Å². The van der Waals surface area contributed by atoms with Crippen molar-refractivity contribution in [1.29, 1.82) is 0 Å². The van der Waals surface area contributed by atoms with E-state index in [1.54, 1.807) is 13.3 Å². The van der Waals surface area contributed by atoms with Crippen molar-refractivity contribution in [2.24, 2.45) is 0 Å². The van der Waals surface area contributed by atoms with Gasteiger partial charge >= 0.3 is 0 Å². The van der Waals surface area contributed by atoms with Gasteiger partial charge in [0.15, 0.2) is 0 Å². The van der Waals surface area contributed by atoms with Gasteiger partial charge in [0.1, 0.15) is 0 Å². The van der Waals surface area contributed by atoms with E-state index in [9.17, 15) is 4.79 Å². The largest absolute Gasteiger partial charge is 0.481 e. The number of hydrogen-bond acceptors (Lipinski definition) is 5. The number of aromatic nitrogens is 1. The number of piperazine rings is 1. The lowest BCUT2D eigenvalue weighted by Crippen LogP contribution is -2.49. The Morgan fingerprint density at radius 2 is 2.15 bits per heavy atom. The highest BCUT2D eigenvalue weighted by molar-refractivity contribution is 5.78. The van der Waals surface area contributed by atoms with E-state index < -0.39 is 0 Å². The van der Waals surface area contributed by atoms with E-state index in [1.165, 1.54) is 0 Å². The maximum absolute atomic E-state index is 12.0. The second kappa shape index (κ2) is 7.21. The van der Waals surface area contributed by atoms with Gasteiger partial charge in [0, 0.05) is 45.0 Å². The van der Waals surface area contributed by atoms with Gasteiger partial charge in [0.2, 0.25) is 11.8 Å². The molecule has 1 fully saturated rings. The molecule has 2 rings (SSSR count). The van der Waals surface area contributed by atoms with Crippen LogP contribution in [-0.4, -0.2) is 67.6 Å². The number of pyridine rings is 1. The lowest BCUT2D eigenvalue weighted by atomic mass is 10.2. The molecule has 6 heteroatoms. The smallest absolute Gasteiger partial charge is 0.236 e. The number of hydrogen-bond donors (Lipinski definition) is 1. The number of amides is 1. The van der Waals surface area contributed by atoms with E-state index in [0.717, 1.165) is 31.7 Å². The maximum atomic E-state index is 12.0. The quantitative estimate of drug-likeness (QED) is 0.818. The molecule has 1 saturated heterocycles. The molecular formula is C14H22N4O2. The molecule has 2 heterocycles. The van der Waals surface area contributed by atoms with Crippen molar-refractivity contribution in [2.75, 3.05) is 46.9 Å². The van der Waals surface area contributed by atoms with Gasteiger partial charge in [0.05, 0.1) is 13.7 Å². The fraction of sp³-hybridized carbons (Fsp3) is 0.571. The molecule has 1 aromatic heterocycles. The van der Waals surface area contributed by atoms with E-state index in [-0.39, 0.29) is 5.91 Å². The van der Waals surface area contributed by atoms with Gasteiger partial charge in [-0.1, -0.05) is 0 Å². The fourth-order valence-electron chi connectivity index (χ4n) is 2.15. The molecule has 6 nitrogen and oxygen atoms in total. The van der Waals surface area contributed by atoms with Crippen LogP contribution in [0.4, 0.5) is 0 Å². The van der Waals surface area contributed by atoms with Crippen molar-refractivity contribution in [1.82, 2.24) is 20.1 Å². The Labute approximate surface area is 119 Å². The van der Waals surface area contributed by atoms with Crippen molar-refractivity contribution >= 4 is 5.91 Å². The zero-order valence-electron chi connectivity index (χ0n) is 12.1. The number of likely N-dealkylation sites (N-methyl/N-ethyl adjacent to an activating group) is 1. The van der Waals surface area contributed by atoms with E-state index in [4.69, 9.17) is 4.74 Å². The third kappa shape index (κ3) is 4.18. The van der Waals surface area contributed by atoms with Crippen LogP contribution in [0.2, 0.25) is 0 Å². The average Bonchev–Trinajstić information content (AvgIpc) is 2.48. The Hall–Kier alpha value is -1.66. The molecule has 1 aromatic rings. The lowest BCUT2D eigenvalue weighted by molar-refractivity contribution is -0.131. The van der Waals surface area contributed by atoms with Crippen molar-refractivity contribution < 1.29 is 9.53 Å². The summed E-state index contributed by atoms with van der Waals surface area (Å²) in [4.78, 5) is 20.2. The fourth-order valence-corrected chi connectivity index (χ4v) is 2.15. The predicted octanol–water partition coefficient (Wildman–Crippen LogP) is -0.0462. The van der Waals surface area contributed by atoms with Gasteiger partial charge in [-0.15, -0.1) is 0 Å². The summed E-state index contributed by atoms with van der Waals surface area (Å²) in [6, 6.07) is 3.78. The molecule has 0 aromatic carbocycles. The first-order valence-corrected chi connectivity index (χ1v) is 6.85. The molecule has 0 bridgehead atoms. The monoisotopic (exact) mass is 278 g/mol. The topological polar surface area (TPSA) is 57.7 Å². The molecule has 1 amide bonds. The lowest BCUT2D eigenvalue weighted by Gasteiger charge is -2.32. The summed E-state index contributed by atoms with van der Waals surface area (Å²) >= 11 is 0. The second-order valence-electron chi connectivity index (χ2n) is 4.99. The first-order chi connectivity index (χ1) is 9.69. The molecule has 0 unspecified atom stereocenters. The van der Waals surface area contributed by atoms with Gasteiger partial charge in [-0.05, 0) is 18.7 Å². The minimum atomic E-state index is 0.166. The molecule has 1 aliphatic heterocycles. The summed E-state index contributed by atoms with van der Waals surface area (Å²) < 4.78 is 5.07. The van der Waals surface area contributed by atoms with Gasteiger partial charge in [-0.2, -0.15) is 0 Å². The number of nitrogens with zero attached hydrogens (tertiary/aromatic N) is 3. The molecule has 0 atom stereocenters. The van der Waals surface area contributed by atoms with Crippen LogP contribution in [0.25, 0.3) is 0 Å². The summed E-state index contributed by atoms with van der Waals surface area (Å²) in [6.07, 6.45) is 1.71. The first kappa shape index (κ1) is 14.7. The molecular weight excluding hydrogens is 256 g/mol. The van der Waals surface area contributed by atoms with Crippen LogP contribution in [0.5, 0.6) is 5.88 Å². The highest BCUT2D eigenvalue weighted by atomic mass is 16.5. The molecule has 1 N–H and O–H groups in total. The molecule has 0 saturated carbocycles. The number of methoxy groups -OCH3 is 1. The SMILES string of the molecule is COc1cc(CNCC(=O)N2CCN(C)CC2)ccn1. The highest BCUT2D eigenvalue weighted by Gasteiger charge is 2.18. The third-order valence-electron chi connectivity index (χ3n) is 3.47. The predicted molar refractivity (Wildman–Crippen MR) is 76.6 cm³/mol. The van der Waals surface area contributed by atoms with Crippen LogP contribution in [0.15, 0.2) is 18.3 Å². The molecule has 0 spiro atoms. The summed E-state index contributed by atoms with van der Waals surface area (Å²) in [6.45, 7) is 4.55. The van der Waals surface area contributed by atoms with E-state index in [1.807, 2.05) is 17.0 Å². The molecule has 110 valence electrons. The number of rotatable bonds is 5. The standard InChI is InChI=1S/C14H22N4O2/c1-17-5-7-18(8-6-17)14(19)11-15-10-12-3-4-16-13(9-12)20-2/h3-4,9,15H,5-8,10-11H2,1-2H3. The minimum Gasteiger partial charge on any atom is -0.481 e. The number of carbonyl (C=O) groups is 1. The summed E-state index contributed by atoms with van der Waals surface area (Å²) in [5.74, 6) is 0.758. The van der Waals surface area contributed by atoms with Crippen LogP contribution in [0.1, 0.15) is 5.56 Å². The highest BCUT2D eigenvalue weighted by Crippen LogP contribution is 2.08. The second-order valence-corrected chi connectivity index (χ2v) is 4.99. The zero-order chi connectivity index (χ0) is 14.4. The Balaban J connectivity index is 1.73. The number of ether oxygens (including phenoxy) is 1. The Bertz CT molecular complexity index is 445. The average molecular weight is 278 g/mol.